The minimum absolute atomic E-state index is 0.0960. The zero-order chi connectivity index (χ0) is 15.2. The molecule has 0 aliphatic rings. The molecular weight excluding hydrogens is 244 g/mol. The van der Waals surface area contributed by atoms with E-state index in [2.05, 4.69) is 64.7 Å². The van der Waals surface area contributed by atoms with E-state index in [0.29, 0.717) is 5.92 Å². The summed E-state index contributed by atoms with van der Waals surface area (Å²) in [7, 11) is 0. The minimum Gasteiger partial charge on any atom is -0.493 e. The summed E-state index contributed by atoms with van der Waals surface area (Å²) >= 11 is 0. The Bertz CT molecular complexity index is 483. The number of hydrogen-bond donors (Lipinski definition) is 0. The van der Waals surface area contributed by atoms with Crippen molar-refractivity contribution in [2.75, 3.05) is 6.61 Å². The number of hydrogen-bond acceptors (Lipinski definition) is 1. The van der Waals surface area contributed by atoms with Crippen LogP contribution in [0.2, 0.25) is 0 Å². The van der Waals surface area contributed by atoms with Gasteiger partial charge in [0.1, 0.15) is 5.75 Å². The van der Waals surface area contributed by atoms with Gasteiger partial charge >= 0.3 is 0 Å². The largest absolute Gasteiger partial charge is 0.493 e. The van der Waals surface area contributed by atoms with Gasteiger partial charge < -0.3 is 4.74 Å². The third-order valence-electron chi connectivity index (χ3n) is 3.25. The number of ether oxygens (including phenoxy) is 1. The quantitative estimate of drug-likeness (QED) is 0.687. The Morgan fingerprint density at radius 3 is 2.50 bits per heavy atom. The fourth-order valence-corrected chi connectivity index (χ4v) is 2.28. The maximum atomic E-state index is 5.89. The summed E-state index contributed by atoms with van der Waals surface area (Å²) in [6.45, 7) is 13.7. The lowest BCUT2D eigenvalue weighted by Gasteiger charge is -2.24. The molecule has 0 aromatic heterocycles. The minimum atomic E-state index is 0.0960. The molecule has 0 aliphatic heterocycles. The molecule has 110 valence electrons. The molecule has 1 atom stereocenters. The standard InChI is InChI=1S/C19H28O/c1-7-9-15(3)13-16-10-11-18(20-12-8-2)17(14-16)19(4,5)6/h10-11,14-15H,8,12-13H2,1-6H3. The van der Waals surface area contributed by atoms with Gasteiger partial charge in [0.2, 0.25) is 0 Å². The van der Waals surface area contributed by atoms with Crippen LogP contribution in [-0.4, -0.2) is 6.61 Å². The molecule has 1 aromatic rings. The molecule has 1 rings (SSSR count). The van der Waals surface area contributed by atoms with Gasteiger partial charge in [-0.3, -0.25) is 0 Å². The molecule has 0 heterocycles. The van der Waals surface area contributed by atoms with Crippen molar-refractivity contribution in [2.45, 2.75) is 59.8 Å². The van der Waals surface area contributed by atoms with E-state index in [1.54, 1.807) is 0 Å². The lowest BCUT2D eigenvalue weighted by molar-refractivity contribution is 0.308. The van der Waals surface area contributed by atoms with Gasteiger partial charge in [0.25, 0.3) is 0 Å². The Morgan fingerprint density at radius 1 is 1.25 bits per heavy atom. The average molecular weight is 272 g/mol. The highest BCUT2D eigenvalue weighted by Gasteiger charge is 2.19. The van der Waals surface area contributed by atoms with Crippen LogP contribution in [0.15, 0.2) is 18.2 Å². The van der Waals surface area contributed by atoms with Crippen LogP contribution < -0.4 is 4.74 Å². The first-order valence-corrected chi connectivity index (χ1v) is 7.57. The van der Waals surface area contributed by atoms with Gasteiger partial charge in [-0.1, -0.05) is 46.8 Å². The lowest BCUT2D eigenvalue weighted by Crippen LogP contribution is -2.14. The second kappa shape index (κ2) is 7.39. The normalized spacial score (nSPS) is 12.5. The highest BCUT2D eigenvalue weighted by Crippen LogP contribution is 2.32. The van der Waals surface area contributed by atoms with Crippen LogP contribution in [0.4, 0.5) is 0 Å². The second-order valence-electron chi connectivity index (χ2n) is 6.43. The highest BCUT2D eigenvalue weighted by atomic mass is 16.5. The van der Waals surface area contributed by atoms with Crippen molar-refractivity contribution in [3.8, 4) is 17.6 Å². The maximum Gasteiger partial charge on any atom is 0.123 e. The number of rotatable bonds is 5. The van der Waals surface area contributed by atoms with E-state index in [1.165, 1.54) is 11.1 Å². The van der Waals surface area contributed by atoms with Crippen molar-refractivity contribution >= 4 is 0 Å². The van der Waals surface area contributed by atoms with Crippen molar-refractivity contribution in [3.05, 3.63) is 29.3 Å². The van der Waals surface area contributed by atoms with Crippen molar-refractivity contribution in [1.82, 2.24) is 0 Å². The van der Waals surface area contributed by atoms with Crippen LogP contribution in [0.1, 0.15) is 59.1 Å². The molecule has 0 saturated carbocycles. The maximum absolute atomic E-state index is 5.89. The number of benzene rings is 1. The molecule has 0 amide bonds. The fourth-order valence-electron chi connectivity index (χ4n) is 2.28. The van der Waals surface area contributed by atoms with E-state index in [9.17, 15) is 0 Å². The van der Waals surface area contributed by atoms with Crippen molar-refractivity contribution < 1.29 is 4.74 Å². The van der Waals surface area contributed by atoms with Gasteiger partial charge in [0.15, 0.2) is 0 Å². The van der Waals surface area contributed by atoms with E-state index in [4.69, 9.17) is 4.74 Å². The Hall–Kier alpha value is -1.42. The van der Waals surface area contributed by atoms with Gasteiger partial charge in [-0.25, -0.2) is 0 Å². The Labute approximate surface area is 124 Å². The Kier molecular flexibility index (Phi) is 6.14. The molecule has 1 aromatic carbocycles. The predicted molar refractivity (Wildman–Crippen MR) is 87.2 cm³/mol. The molecule has 0 saturated heterocycles. The summed E-state index contributed by atoms with van der Waals surface area (Å²) in [5, 5.41) is 0. The molecule has 0 radical (unpaired) electrons. The van der Waals surface area contributed by atoms with Crippen LogP contribution in [0, 0.1) is 17.8 Å². The van der Waals surface area contributed by atoms with E-state index in [0.717, 1.165) is 25.2 Å². The first kappa shape index (κ1) is 16.6. The summed E-state index contributed by atoms with van der Waals surface area (Å²) in [6, 6.07) is 6.59. The third-order valence-corrected chi connectivity index (χ3v) is 3.25. The van der Waals surface area contributed by atoms with Crippen molar-refractivity contribution in [3.63, 3.8) is 0 Å². The third kappa shape index (κ3) is 4.93. The monoisotopic (exact) mass is 272 g/mol. The van der Waals surface area contributed by atoms with Crippen LogP contribution in [0.5, 0.6) is 5.75 Å². The molecule has 0 bridgehead atoms. The van der Waals surface area contributed by atoms with Crippen LogP contribution in [0.25, 0.3) is 0 Å². The van der Waals surface area contributed by atoms with E-state index in [1.807, 2.05) is 6.92 Å². The van der Waals surface area contributed by atoms with Gasteiger partial charge in [-0.15, -0.1) is 11.8 Å². The SMILES string of the molecule is CC#CC(C)Cc1ccc(OCCC)c(C(C)(C)C)c1. The summed E-state index contributed by atoms with van der Waals surface area (Å²) in [4.78, 5) is 0. The van der Waals surface area contributed by atoms with Crippen LogP contribution >= 0.6 is 0 Å². The molecule has 0 aliphatic carbocycles. The summed E-state index contributed by atoms with van der Waals surface area (Å²) < 4.78 is 5.89. The molecule has 0 N–H and O–H groups in total. The zero-order valence-electron chi connectivity index (χ0n) is 13.8. The van der Waals surface area contributed by atoms with Crippen molar-refractivity contribution in [2.24, 2.45) is 5.92 Å². The molecule has 0 spiro atoms. The molecule has 1 unspecified atom stereocenters. The smallest absolute Gasteiger partial charge is 0.123 e. The van der Waals surface area contributed by atoms with E-state index >= 15 is 0 Å². The molecule has 0 fully saturated rings. The first-order chi connectivity index (χ1) is 9.38. The molecule has 1 nitrogen and oxygen atoms in total. The van der Waals surface area contributed by atoms with Crippen molar-refractivity contribution in [1.29, 1.82) is 0 Å². The van der Waals surface area contributed by atoms with Crippen LogP contribution in [0.3, 0.4) is 0 Å². The highest BCUT2D eigenvalue weighted by molar-refractivity contribution is 5.42. The van der Waals surface area contributed by atoms with Gasteiger partial charge in [0.05, 0.1) is 6.61 Å². The Morgan fingerprint density at radius 2 is 1.95 bits per heavy atom. The Balaban J connectivity index is 3.03. The molecule has 1 heteroatoms. The topological polar surface area (TPSA) is 9.23 Å². The average Bonchev–Trinajstić information content (AvgIpc) is 2.36. The van der Waals surface area contributed by atoms with Gasteiger partial charge in [-0.2, -0.15) is 0 Å². The predicted octanol–water partition coefficient (Wildman–Crippen LogP) is 4.97. The fraction of sp³-hybridized carbons (Fsp3) is 0.579. The zero-order valence-corrected chi connectivity index (χ0v) is 13.8. The van der Waals surface area contributed by atoms with E-state index < -0.39 is 0 Å². The molecular formula is C19H28O. The van der Waals surface area contributed by atoms with E-state index in [-0.39, 0.29) is 5.41 Å². The lowest BCUT2D eigenvalue weighted by atomic mass is 9.84. The first-order valence-electron chi connectivity index (χ1n) is 7.57. The van der Waals surface area contributed by atoms with Gasteiger partial charge in [-0.05, 0) is 42.4 Å². The summed E-state index contributed by atoms with van der Waals surface area (Å²) in [5.41, 5.74) is 2.73. The molecule has 20 heavy (non-hydrogen) atoms. The van der Waals surface area contributed by atoms with Crippen LogP contribution in [-0.2, 0) is 11.8 Å². The second-order valence-corrected chi connectivity index (χ2v) is 6.43. The summed E-state index contributed by atoms with van der Waals surface area (Å²) in [5.74, 6) is 7.64. The van der Waals surface area contributed by atoms with Gasteiger partial charge in [0, 0.05) is 5.92 Å². The summed E-state index contributed by atoms with van der Waals surface area (Å²) in [6.07, 6.45) is 2.03.